The number of aromatic nitrogens is 4. The summed E-state index contributed by atoms with van der Waals surface area (Å²) in [5, 5.41) is 4.62. The molecule has 2 aromatic heterocycles. The Morgan fingerprint density at radius 2 is 2.00 bits per heavy atom. The van der Waals surface area contributed by atoms with Gasteiger partial charge < -0.3 is 0 Å². The van der Waals surface area contributed by atoms with Crippen molar-refractivity contribution in [3.63, 3.8) is 0 Å². The molecule has 3 heterocycles. The molecule has 0 bridgehead atoms. The fourth-order valence-corrected chi connectivity index (χ4v) is 3.53. The molecule has 5 nitrogen and oxygen atoms in total. The molecule has 0 aliphatic carbocycles. The van der Waals surface area contributed by atoms with Crippen molar-refractivity contribution >= 4 is 0 Å². The summed E-state index contributed by atoms with van der Waals surface area (Å²) in [7, 11) is 0. The van der Waals surface area contributed by atoms with Gasteiger partial charge >= 0.3 is 0 Å². The molecule has 1 aromatic carbocycles. The Hall–Kier alpha value is -2.53. The molecule has 4 rings (SSSR count). The molecule has 0 unspecified atom stereocenters. The molecule has 5 heteroatoms. The van der Waals surface area contributed by atoms with E-state index in [4.69, 9.17) is 4.98 Å². The first-order valence-corrected chi connectivity index (χ1v) is 9.38. The highest BCUT2D eigenvalue weighted by Crippen LogP contribution is 2.22. The lowest BCUT2D eigenvalue weighted by Gasteiger charge is -2.27. The predicted octanol–water partition coefficient (Wildman–Crippen LogP) is 3.62. The molecular weight excluding hydrogens is 322 g/mol. The number of rotatable bonds is 5. The van der Waals surface area contributed by atoms with E-state index in [1.165, 1.54) is 16.8 Å². The van der Waals surface area contributed by atoms with Gasteiger partial charge in [0, 0.05) is 61.7 Å². The summed E-state index contributed by atoms with van der Waals surface area (Å²) in [6.45, 7) is 8.14. The van der Waals surface area contributed by atoms with Crippen LogP contribution in [-0.4, -0.2) is 31.2 Å². The first kappa shape index (κ1) is 16.9. The summed E-state index contributed by atoms with van der Waals surface area (Å²) in [5.41, 5.74) is 5.98. The van der Waals surface area contributed by atoms with Crippen LogP contribution in [0.25, 0.3) is 11.4 Å². The third-order valence-electron chi connectivity index (χ3n) is 4.94. The maximum Gasteiger partial charge on any atom is 0.159 e. The largest absolute Gasteiger partial charge is 0.294 e. The molecule has 3 aromatic rings. The Labute approximate surface area is 154 Å². The van der Waals surface area contributed by atoms with Gasteiger partial charge in [0.25, 0.3) is 0 Å². The maximum atomic E-state index is 4.82. The Morgan fingerprint density at radius 1 is 1.15 bits per heavy atom. The minimum atomic E-state index is 0.828. The fourth-order valence-electron chi connectivity index (χ4n) is 3.53. The van der Waals surface area contributed by atoms with Crippen LogP contribution >= 0.6 is 0 Å². The molecule has 0 spiro atoms. The van der Waals surface area contributed by atoms with Gasteiger partial charge in [0.15, 0.2) is 5.82 Å². The third kappa shape index (κ3) is 3.53. The first-order chi connectivity index (χ1) is 12.7. The van der Waals surface area contributed by atoms with Crippen LogP contribution in [0, 0.1) is 6.92 Å². The number of aryl methyl sites for hydroxylation is 2. The molecule has 134 valence electrons. The number of hydrogen-bond acceptors (Lipinski definition) is 4. The van der Waals surface area contributed by atoms with Crippen LogP contribution in [0.5, 0.6) is 0 Å². The Balaban J connectivity index is 1.48. The van der Waals surface area contributed by atoms with E-state index in [9.17, 15) is 0 Å². The van der Waals surface area contributed by atoms with Crippen molar-refractivity contribution in [2.24, 2.45) is 0 Å². The van der Waals surface area contributed by atoms with E-state index in [0.29, 0.717) is 0 Å². The van der Waals surface area contributed by atoms with Crippen LogP contribution < -0.4 is 0 Å². The highest BCUT2D eigenvalue weighted by molar-refractivity contribution is 5.54. The van der Waals surface area contributed by atoms with Gasteiger partial charge in [0.2, 0.25) is 0 Å². The van der Waals surface area contributed by atoms with Crippen molar-refractivity contribution in [1.82, 2.24) is 24.6 Å². The van der Waals surface area contributed by atoms with Crippen molar-refractivity contribution < 1.29 is 0 Å². The van der Waals surface area contributed by atoms with Crippen molar-refractivity contribution in [2.45, 2.75) is 46.3 Å². The van der Waals surface area contributed by atoms with Gasteiger partial charge in [-0.25, -0.2) is 9.97 Å². The van der Waals surface area contributed by atoms with Crippen LogP contribution in [0.3, 0.4) is 0 Å². The van der Waals surface area contributed by atoms with Gasteiger partial charge in [0.1, 0.15) is 0 Å². The smallest absolute Gasteiger partial charge is 0.159 e. The summed E-state index contributed by atoms with van der Waals surface area (Å²) in [5.74, 6) is 0.828. The Bertz CT molecular complexity index is 885. The Kier molecular flexibility index (Phi) is 4.80. The summed E-state index contributed by atoms with van der Waals surface area (Å²) in [6.07, 6.45) is 6.28. The average molecular weight is 347 g/mol. The normalized spacial score (nSPS) is 14.4. The van der Waals surface area contributed by atoms with Gasteiger partial charge in [-0.05, 0) is 13.3 Å². The van der Waals surface area contributed by atoms with Gasteiger partial charge in [-0.15, -0.1) is 0 Å². The molecule has 0 saturated heterocycles. The van der Waals surface area contributed by atoms with Crippen LogP contribution in [-0.2, 0) is 26.1 Å². The summed E-state index contributed by atoms with van der Waals surface area (Å²) in [6, 6.07) is 10.2. The Morgan fingerprint density at radius 3 is 2.81 bits per heavy atom. The molecule has 0 atom stereocenters. The molecule has 26 heavy (non-hydrogen) atoms. The van der Waals surface area contributed by atoms with E-state index in [2.05, 4.69) is 51.8 Å². The van der Waals surface area contributed by atoms with Crippen LogP contribution in [0.1, 0.15) is 35.9 Å². The molecule has 1 aliphatic heterocycles. The molecule has 0 radical (unpaired) electrons. The van der Waals surface area contributed by atoms with Crippen molar-refractivity contribution in [3.05, 3.63) is 65.2 Å². The molecule has 0 amide bonds. The lowest BCUT2D eigenvalue weighted by molar-refractivity contribution is 0.242. The highest BCUT2D eigenvalue weighted by Gasteiger charge is 2.20. The van der Waals surface area contributed by atoms with E-state index < -0.39 is 0 Å². The predicted molar refractivity (Wildman–Crippen MR) is 103 cm³/mol. The second-order valence-corrected chi connectivity index (χ2v) is 7.00. The zero-order valence-corrected chi connectivity index (χ0v) is 15.5. The minimum absolute atomic E-state index is 0.828. The van der Waals surface area contributed by atoms with Gasteiger partial charge in [0.05, 0.1) is 11.4 Å². The zero-order chi connectivity index (χ0) is 17.9. The third-order valence-corrected chi connectivity index (χ3v) is 4.94. The van der Waals surface area contributed by atoms with E-state index in [-0.39, 0.29) is 0 Å². The minimum Gasteiger partial charge on any atom is -0.294 e. The summed E-state index contributed by atoms with van der Waals surface area (Å²) >= 11 is 0. The van der Waals surface area contributed by atoms with Crippen molar-refractivity contribution in [2.75, 3.05) is 6.54 Å². The van der Waals surface area contributed by atoms with Crippen molar-refractivity contribution in [3.8, 4) is 11.4 Å². The topological polar surface area (TPSA) is 46.8 Å². The quantitative estimate of drug-likeness (QED) is 0.707. The van der Waals surface area contributed by atoms with Gasteiger partial charge in [-0.1, -0.05) is 37.3 Å². The number of fused-ring (bicyclic) bond motifs is 1. The number of nitrogens with zero attached hydrogens (tertiary/aromatic N) is 5. The SMILES string of the molecule is CCCn1cc(CN2CCc3nc(-c4ccccc4)ncc3C2)c(C)n1. The fraction of sp³-hybridized carbons (Fsp3) is 0.381. The standard InChI is InChI=1S/C21H25N5/c1-3-10-26-15-19(16(2)24-26)14-25-11-9-20-18(13-25)12-22-21(23-20)17-7-5-4-6-8-17/h4-8,12,15H,3,9-11,13-14H2,1-2H3. The highest BCUT2D eigenvalue weighted by atomic mass is 15.3. The van der Waals surface area contributed by atoms with Crippen LogP contribution in [0.4, 0.5) is 0 Å². The lowest BCUT2D eigenvalue weighted by atomic mass is 10.1. The second-order valence-electron chi connectivity index (χ2n) is 7.00. The number of hydrogen-bond donors (Lipinski definition) is 0. The first-order valence-electron chi connectivity index (χ1n) is 9.38. The lowest BCUT2D eigenvalue weighted by Crippen LogP contribution is -2.31. The van der Waals surface area contributed by atoms with E-state index >= 15 is 0 Å². The summed E-state index contributed by atoms with van der Waals surface area (Å²) in [4.78, 5) is 11.9. The molecule has 0 N–H and O–H groups in total. The van der Waals surface area contributed by atoms with E-state index in [0.717, 1.165) is 56.1 Å². The monoisotopic (exact) mass is 347 g/mol. The van der Waals surface area contributed by atoms with Crippen LogP contribution in [0.2, 0.25) is 0 Å². The van der Waals surface area contributed by atoms with Crippen molar-refractivity contribution in [1.29, 1.82) is 0 Å². The molecule has 0 fully saturated rings. The summed E-state index contributed by atoms with van der Waals surface area (Å²) < 4.78 is 2.07. The molecule has 1 aliphatic rings. The average Bonchev–Trinajstić information content (AvgIpc) is 3.01. The van der Waals surface area contributed by atoms with Crippen LogP contribution in [0.15, 0.2) is 42.7 Å². The van der Waals surface area contributed by atoms with E-state index in [1.807, 2.05) is 24.4 Å². The molecule has 0 saturated carbocycles. The van der Waals surface area contributed by atoms with E-state index in [1.54, 1.807) is 0 Å². The molecular formula is C21H25N5. The maximum absolute atomic E-state index is 4.82. The zero-order valence-electron chi connectivity index (χ0n) is 15.5. The van der Waals surface area contributed by atoms with Gasteiger partial charge in [-0.3, -0.25) is 9.58 Å². The second kappa shape index (κ2) is 7.38. The van der Waals surface area contributed by atoms with Gasteiger partial charge in [-0.2, -0.15) is 5.10 Å². The number of benzene rings is 1.